The van der Waals surface area contributed by atoms with Gasteiger partial charge in [0.1, 0.15) is 0 Å². The van der Waals surface area contributed by atoms with Crippen molar-refractivity contribution >= 4 is 17.2 Å². The van der Waals surface area contributed by atoms with Gasteiger partial charge in [-0.15, -0.1) is 11.3 Å². The van der Waals surface area contributed by atoms with E-state index in [2.05, 4.69) is 22.1 Å². The van der Waals surface area contributed by atoms with Crippen molar-refractivity contribution in [1.29, 1.82) is 0 Å². The lowest BCUT2D eigenvalue weighted by Gasteiger charge is -2.04. The molecule has 1 heterocycles. The summed E-state index contributed by atoms with van der Waals surface area (Å²) < 4.78 is 0. The van der Waals surface area contributed by atoms with Crippen LogP contribution >= 0.6 is 11.3 Å². The molecule has 21 heavy (non-hydrogen) atoms. The summed E-state index contributed by atoms with van der Waals surface area (Å²) in [6.07, 6.45) is 1.19. The Labute approximate surface area is 127 Å². The molecule has 5 heteroatoms. The molecule has 0 aliphatic rings. The molecule has 0 aliphatic heterocycles. The van der Waals surface area contributed by atoms with Crippen LogP contribution in [0.25, 0.3) is 0 Å². The van der Waals surface area contributed by atoms with Crippen LogP contribution in [0.3, 0.4) is 0 Å². The minimum atomic E-state index is -0.0971. The van der Waals surface area contributed by atoms with E-state index in [1.807, 2.05) is 5.38 Å². The molecule has 0 unspecified atom stereocenters. The molecule has 0 spiro atoms. The molecule has 0 saturated heterocycles. The maximum Gasteiger partial charge on any atom is 0.251 e. The normalized spacial score (nSPS) is 9.76. The number of carbonyl (C=O) groups excluding carboxylic acids is 1. The third kappa shape index (κ3) is 5.03. The molecular formula is C16H16N2O2S. The van der Waals surface area contributed by atoms with Crippen molar-refractivity contribution in [2.24, 2.45) is 0 Å². The van der Waals surface area contributed by atoms with Crippen molar-refractivity contribution < 1.29 is 9.90 Å². The molecule has 0 bridgehead atoms. The van der Waals surface area contributed by atoms with Gasteiger partial charge in [-0.25, -0.2) is 4.98 Å². The van der Waals surface area contributed by atoms with Crippen LogP contribution in [0.1, 0.15) is 28.0 Å². The summed E-state index contributed by atoms with van der Waals surface area (Å²) in [5, 5.41) is 13.5. The molecule has 1 aromatic heterocycles. The Bertz CT molecular complexity index is 625. The second kappa shape index (κ2) is 8.20. The van der Waals surface area contributed by atoms with Gasteiger partial charge in [0.15, 0.2) is 0 Å². The van der Waals surface area contributed by atoms with Gasteiger partial charge in [0, 0.05) is 35.9 Å². The number of rotatable bonds is 5. The van der Waals surface area contributed by atoms with Crippen molar-refractivity contribution in [3.63, 3.8) is 0 Å². The number of benzene rings is 1. The fourth-order valence-electron chi connectivity index (χ4n) is 1.69. The van der Waals surface area contributed by atoms with Crippen molar-refractivity contribution in [3.05, 3.63) is 52.0 Å². The number of hydrogen-bond donors (Lipinski definition) is 2. The van der Waals surface area contributed by atoms with Gasteiger partial charge in [-0.2, -0.15) is 0 Å². The van der Waals surface area contributed by atoms with E-state index in [4.69, 9.17) is 5.11 Å². The maximum atomic E-state index is 11.9. The number of aromatic nitrogens is 1. The summed E-state index contributed by atoms with van der Waals surface area (Å²) in [6.45, 7) is 0.632. The number of aliphatic hydroxyl groups excluding tert-OH is 1. The Hall–Kier alpha value is -2.16. The second-order valence-corrected chi connectivity index (χ2v) is 5.06. The largest absolute Gasteiger partial charge is 0.395 e. The van der Waals surface area contributed by atoms with Gasteiger partial charge >= 0.3 is 0 Å². The van der Waals surface area contributed by atoms with Crippen molar-refractivity contribution in [2.45, 2.75) is 12.8 Å². The summed E-state index contributed by atoms with van der Waals surface area (Å²) in [5.74, 6) is 5.67. The lowest BCUT2D eigenvalue weighted by atomic mass is 10.1. The van der Waals surface area contributed by atoms with Crippen LogP contribution in [0, 0.1) is 11.8 Å². The predicted octanol–water partition coefficient (Wildman–Crippen LogP) is 1.85. The van der Waals surface area contributed by atoms with Gasteiger partial charge < -0.3 is 10.4 Å². The van der Waals surface area contributed by atoms with E-state index in [9.17, 15) is 4.79 Å². The Balaban J connectivity index is 1.83. The van der Waals surface area contributed by atoms with Crippen molar-refractivity contribution in [3.8, 4) is 11.8 Å². The van der Waals surface area contributed by atoms with Gasteiger partial charge in [0.25, 0.3) is 5.91 Å². The Morgan fingerprint density at radius 1 is 1.33 bits per heavy atom. The lowest BCUT2D eigenvalue weighted by Crippen LogP contribution is -2.25. The number of nitrogens with zero attached hydrogens (tertiary/aromatic N) is 1. The van der Waals surface area contributed by atoms with E-state index >= 15 is 0 Å². The second-order valence-electron chi connectivity index (χ2n) is 4.34. The first-order valence-electron chi connectivity index (χ1n) is 6.64. The molecule has 2 rings (SSSR count). The van der Waals surface area contributed by atoms with Crippen LogP contribution in [0.5, 0.6) is 0 Å². The Kier molecular flexibility index (Phi) is 5.95. The highest BCUT2D eigenvalue weighted by molar-refractivity contribution is 7.07. The fourth-order valence-corrected chi connectivity index (χ4v) is 2.29. The summed E-state index contributed by atoms with van der Waals surface area (Å²) in [7, 11) is 0. The zero-order valence-corrected chi connectivity index (χ0v) is 12.3. The van der Waals surface area contributed by atoms with E-state index in [0.29, 0.717) is 18.5 Å². The van der Waals surface area contributed by atoms with Gasteiger partial charge in [-0.05, 0) is 24.3 Å². The fraction of sp³-hybridized carbons (Fsp3) is 0.250. The van der Waals surface area contributed by atoms with E-state index in [0.717, 1.165) is 17.7 Å². The highest BCUT2D eigenvalue weighted by Gasteiger charge is 2.04. The van der Waals surface area contributed by atoms with Crippen LogP contribution < -0.4 is 5.32 Å². The number of hydrogen-bond acceptors (Lipinski definition) is 4. The molecule has 108 valence electrons. The first-order valence-corrected chi connectivity index (χ1v) is 7.59. The first-order chi connectivity index (χ1) is 10.3. The topological polar surface area (TPSA) is 62.2 Å². The zero-order valence-electron chi connectivity index (χ0n) is 11.5. The number of aliphatic hydroxyl groups is 1. The Morgan fingerprint density at radius 2 is 2.14 bits per heavy atom. The molecule has 1 aromatic carbocycles. The molecule has 0 radical (unpaired) electrons. The monoisotopic (exact) mass is 300 g/mol. The van der Waals surface area contributed by atoms with E-state index in [1.165, 1.54) is 0 Å². The van der Waals surface area contributed by atoms with E-state index in [-0.39, 0.29) is 12.5 Å². The quantitative estimate of drug-likeness (QED) is 0.828. The van der Waals surface area contributed by atoms with Crippen LogP contribution in [0.4, 0.5) is 0 Å². The van der Waals surface area contributed by atoms with Gasteiger partial charge in [0.05, 0.1) is 17.8 Å². The SMILES string of the molecule is O=C(NCCc1cscn1)c1ccc(C#CCCO)cc1. The zero-order chi connectivity index (χ0) is 14.9. The van der Waals surface area contributed by atoms with Crippen LogP contribution in [-0.2, 0) is 6.42 Å². The molecule has 0 aliphatic carbocycles. The summed E-state index contributed by atoms with van der Waals surface area (Å²) in [6, 6.07) is 7.11. The summed E-state index contributed by atoms with van der Waals surface area (Å²) >= 11 is 1.55. The standard InChI is InChI=1S/C16H16N2O2S/c19-10-2-1-3-13-4-6-14(7-5-13)16(20)17-9-8-15-11-21-12-18-15/h4-7,11-12,19H,2,8-10H2,(H,17,20). The van der Waals surface area contributed by atoms with E-state index in [1.54, 1.807) is 41.1 Å². The number of nitrogens with one attached hydrogen (secondary N) is 1. The predicted molar refractivity (Wildman–Crippen MR) is 83.2 cm³/mol. The van der Waals surface area contributed by atoms with Gasteiger partial charge in [0.2, 0.25) is 0 Å². The van der Waals surface area contributed by atoms with Gasteiger partial charge in [-0.3, -0.25) is 4.79 Å². The number of thiazole rings is 1. The van der Waals surface area contributed by atoms with Crippen LogP contribution in [0.15, 0.2) is 35.2 Å². The van der Waals surface area contributed by atoms with Crippen LogP contribution in [0.2, 0.25) is 0 Å². The molecule has 0 fully saturated rings. The highest BCUT2D eigenvalue weighted by atomic mass is 32.1. The van der Waals surface area contributed by atoms with Crippen molar-refractivity contribution in [2.75, 3.05) is 13.2 Å². The third-order valence-corrected chi connectivity index (χ3v) is 3.40. The third-order valence-electron chi connectivity index (χ3n) is 2.77. The minimum absolute atomic E-state index is 0.0620. The number of carbonyl (C=O) groups is 1. The highest BCUT2D eigenvalue weighted by Crippen LogP contribution is 2.04. The molecule has 0 atom stereocenters. The molecular weight excluding hydrogens is 284 g/mol. The maximum absolute atomic E-state index is 11.9. The molecule has 1 amide bonds. The molecule has 4 nitrogen and oxygen atoms in total. The smallest absolute Gasteiger partial charge is 0.251 e. The molecule has 0 saturated carbocycles. The average Bonchev–Trinajstić information content (AvgIpc) is 3.01. The number of amides is 1. The summed E-state index contributed by atoms with van der Waals surface area (Å²) in [5.41, 5.74) is 4.23. The molecule has 2 N–H and O–H groups in total. The Morgan fingerprint density at radius 3 is 2.81 bits per heavy atom. The van der Waals surface area contributed by atoms with Crippen LogP contribution in [-0.4, -0.2) is 29.1 Å². The lowest BCUT2D eigenvalue weighted by molar-refractivity contribution is 0.0954. The summed E-state index contributed by atoms with van der Waals surface area (Å²) in [4.78, 5) is 16.1. The average molecular weight is 300 g/mol. The van der Waals surface area contributed by atoms with Crippen molar-refractivity contribution in [1.82, 2.24) is 10.3 Å². The molecule has 2 aromatic rings. The minimum Gasteiger partial charge on any atom is -0.395 e. The first kappa shape index (κ1) is 15.2. The van der Waals surface area contributed by atoms with Gasteiger partial charge in [-0.1, -0.05) is 11.8 Å². The van der Waals surface area contributed by atoms with E-state index < -0.39 is 0 Å².